The first kappa shape index (κ1) is 21.3. The second-order valence-corrected chi connectivity index (χ2v) is 8.26. The molecule has 2 aromatic carbocycles. The smallest absolute Gasteiger partial charge is 0.224 e. The largest absolute Gasteiger partial charge is 0.494 e. The van der Waals surface area contributed by atoms with Crippen LogP contribution in [0.2, 0.25) is 0 Å². The predicted octanol–water partition coefficient (Wildman–Crippen LogP) is 5.07. The van der Waals surface area contributed by atoms with Crippen LogP contribution in [0.25, 0.3) is 11.4 Å². The maximum absolute atomic E-state index is 13.1. The average Bonchev–Trinajstić information content (AvgIpc) is 3.40. The van der Waals surface area contributed by atoms with Crippen molar-refractivity contribution in [1.29, 1.82) is 0 Å². The highest BCUT2D eigenvalue weighted by Crippen LogP contribution is 2.33. The summed E-state index contributed by atoms with van der Waals surface area (Å²) >= 11 is 5.43. The SMILES string of the molecule is CCOc1ccc(C2CCCN2C(=O)CCn2c(-c3cccc(C)c3)n[nH]c2=S)cc1. The first-order valence-corrected chi connectivity index (χ1v) is 11.2. The summed E-state index contributed by atoms with van der Waals surface area (Å²) in [6.07, 6.45) is 2.39. The minimum atomic E-state index is 0.122. The first-order chi connectivity index (χ1) is 15.1. The van der Waals surface area contributed by atoms with Crippen molar-refractivity contribution in [3.63, 3.8) is 0 Å². The maximum atomic E-state index is 13.1. The quantitative estimate of drug-likeness (QED) is 0.525. The van der Waals surface area contributed by atoms with Crippen LogP contribution in [0.5, 0.6) is 5.75 Å². The Bertz CT molecular complexity index is 1100. The molecule has 1 atom stereocenters. The van der Waals surface area contributed by atoms with Gasteiger partial charge in [-0.25, -0.2) is 0 Å². The number of likely N-dealkylation sites (tertiary alicyclic amines) is 1. The second-order valence-electron chi connectivity index (χ2n) is 7.87. The van der Waals surface area contributed by atoms with Gasteiger partial charge in [-0.1, -0.05) is 35.9 Å². The number of hydrogen-bond donors (Lipinski definition) is 1. The van der Waals surface area contributed by atoms with Gasteiger partial charge in [0.15, 0.2) is 10.6 Å². The number of benzene rings is 2. The van der Waals surface area contributed by atoms with Gasteiger partial charge in [0.25, 0.3) is 0 Å². The van der Waals surface area contributed by atoms with E-state index in [1.165, 1.54) is 0 Å². The lowest BCUT2D eigenvalue weighted by molar-refractivity contribution is -0.132. The summed E-state index contributed by atoms with van der Waals surface area (Å²) in [7, 11) is 0. The standard InChI is InChI=1S/C24H28N4O2S/c1-3-30-20-11-9-18(10-12-20)21-8-5-14-27(21)22(29)13-15-28-23(25-26-24(28)31)19-7-4-6-17(2)16-19/h4,6-7,9-12,16,21H,3,5,8,13-15H2,1-2H3,(H,26,31). The van der Waals surface area contributed by atoms with Crippen LogP contribution < -0.4 is 4.74 Å². The molecule has 0 radical (unpaired) electrons. The molecule has 162 valence electrons. The molecule has 6 nitrogen and oxygen atoms in total. The van der Waals surface area contributed by atoms with Crippen molar-refractivity contribution >= 4 is 18.1 Å². The molecular formula is C24H28N4O2S. The van der Waals surface area contributed by atoms with Crippen LogP contribution in [0.4, 0.5) is 0 Å². The second kappa shape index (κ2) is 9.47. The number of nitrogens with zero attached hydrogens (tertiary/aromatic N) is 3. The molecule has 2 heterocycles. The third kappa shape index (κ3) is 4.71. The number of hydrogen-bond acceptors (Lipinski definition) is 4. The minimum Gasteiger partial charge on any atom is -0.494 e. The molecule has 0 bridgehead atoms. The Balaban J connectivity index is 1.46. The van der Waals surface area contributed by atoms with Crippen LogP contribution in [0.1, 0.15) is 43.4 Å². The van der Waals surface area contributed by atoms with Gasteiger partial charge in [0.05, 0.1) is 12.6 Å². The molecule has 1 aliphatic heterocycles. The number of amides is 1. The lowest BCUT2D eigenvalue weighted by Crippen LogP contribution is -2.31. The van der Waals surface area contributed by atoms with Gasteiger partial charge < -0.3 is 9.64 Å². The van der Waals surface area contributed by atoms with Crippen LogP contribution in [0.15, 0.2) is 48.5 Å². The van der Waals surface area contributed by atoms with E-state index in [-0.39, 0.29) is 11.9 Å². The van der Waals surface area contributed by atoms with Crippen LogP contribution in [-0.2, 0) is 11.3 Å². The number of carbonyl (C=O) groups excluding carboxylic acids is 1. The van der Waals surface area contributed by atoms with Crippen molar-refractivity contribution in [3.8, 4) is 17.1 Å². The Morgan fingerprint density at radius 2 is 2.06 bits per heavy atom. The highest BCUT2D eigenvalue weighted by Gasteiger charge is 2.29. The average molecular weight is 437 g/mol. The van der Waals surface area contributed by atoms with Gasteiger partial charge in [0.1, 0.15) is 5.75 Å². The molecule has 1 aliphatic rings. The summed E-state index contributed by atoms with van der Waals surface area (Å²) in [4.78, 5) is 15.1. The van der Waals surface area contributed by atoms with Crippen molar-refractivity contribution in [2.75, 3.05) is 13.2 Å². The molecule has 3 aromatic rings. The summed E-state index contributed by atoms with van der Waals surface area (Å²) < 4.78 is 8.00. The van der Waals surface area contributed by atoms with Crippen molar-refractivity contribution in [1.82, 2.24) is 19.7 Å². The molecule has 1 unspecified atom stereocenters. The zero-order valence-corrected chi connectivity index (χ0v) is 18.8. The van der Waals surface area contributed by atoms with Crippen molar-refractivity contribution in [3.05, 3.63) is 64.4 Å². The first-order valence-electron chi connectivity index (χ1n) is 10.8. The van der Waals surface area contributed by atoms with Gasteiger partial charge in [0.2, 0.25) is 5.91 Å². The molecule has 1 fully saturated rings. The molecule has 7 heteroatoms. The molecule has 4 rings (SSSR count). The van der Waals surface area contributed by atoms with Gasteiger partial charge >= 0.3 is 0 Å². The number of carbonyl (C=O) groups is 1. The Hall–Kier alpha value is -2.93. The topological polar surface area (TPSA) is 63.1 Å². The van der Waals surface area contributed by atoms with Crippen LogP contribution in [0.3, 0.4) is 0 Å². The molecule has 0 aliphatic carbocycles. The summed E-state index contributed by atoms with van der Waals surface area (Å²) in [5.74, 6) is 1.78. The van der Waals surface area contributed by atoms with E-state index in [1.807, 2.05) is 53.6 Å². The highest BCUT2D eigenvalue weighted by molar-refractivity contribution is 7.71. The molecule has 1 amide bonds. The van der Waals surface area contributed by atoms with Crippen LogP contribution in [0, 0.1) is 11.7 Å². The summed E-state index contributed by atoms with van der Waals surface area (Å²) in [5.41, 5.74) is 3.31. The Morgan fingerprint density at radius 1 is 1.26 bits per heavy atom. The van der Waals surface area contributed by atoms with Crippen molar-refractivity contribution in [2.24, 2.45) is 0 Å². The van der Waals surface area contributed by atoms with E-state index >= 15 is 0 Å². The Kier molecular flexibility index (Phi) is 6.51. The maximum Gasteiger partial charge on any atom is 0.224 e. The fourth-order valence-corrected chi connectivity index (χ4v) is 4.47. The van der Waals surface area contributed by atoms with E-state index in [4.69, 9.17) is 17.0 Å². The molecule has 0 saturated carbocycles. The summed E-state index contributed by atoms with van der Waals surface area (Å²) in [6, 6.07) is 16.4. The Morgan fingerprint density at radius 3 is 2.81 bits per heavy atom. The van der Waals surface area contributed by atoms with Crippen molar-refractivity contribution in [2.45, 2.75) is 45.7 Å². The fraction of sp³-hybridized carbons (Fsp3) is 0.375. The van der Waals surface area contributed by atoms with E-state index < -0.39 is 0 Å². The van der Waals surface area contributed by atoms with Gasteiger partial charge in [-0.3, -0.25) is 14.5 Å². The molecule has 1 N–H and O–H groups in total. The third-order valence-corrected chi connectivity index (χ3v) is 6.04. The van der Waals surface area contributed by atoms with Gasteiger partial charge in [-0.2, -0.15) is 5.10 Å². The molecule has 1 aromatic heterocycles. The summed E-state index contributed by atoms with van der Waals surface area (Å²) in [5, 5.41) is 7.28. The molecule has 31 heavy (non-hydrogen) atoms. The lowest BCUT2D eigenvalue weighted by Gasteiger charge is -2.25. The molecule has 0 spiro atoms. The lowest BCUT2D eigenvalue weighted by atomic mass is 10.0. The van der Waals surface area contributed by atoms with Gasteiger partial charge in [0, 0.05) is 25.1 Å². The molecular weight excluding hydrogens is 408 g/mol. The van der Waals surface area contributed by atoms with E-state index in [0.717, 1.165) is 47.7 Å². The normalized spacial score (nSPS) is 15.9. The third-order valence-electron chi connectivity index (χ3n) is 5.73. The number of nitrogens with one attached hydrogen (secondary N) is 1. The number of aryl methyl sites for hydroxylation is 1. The predicted molar refractivity (Wildman–Crippen MR) is 124 cm³/mol. The monoisotopic (exact) mass is 436 g/mol. The number of aromatic amines is 1. The van der Waals surface area contributed by atoms with E-state index in [2.05, 4.69) is 28.4 Å². The zero-order chi connectivity index (χ0) is 21.8. The Labute approximate surface area is 187 Å². The van der Waals surface area contributed by atoms with E-state index in [0.29, 0.717) is 24.3 Å². The zero-order valence-electron chi connectivity index (χ0n) is 18.0. The van der Waals surface area contributed by atoms with Crippen LogP contribution >= 0.6 is 12.2 Å². The highest BCUT2D eigenvalue weighted by atomic mass is 32.1. The van der Waals surface area contributed by atoms with E-state index in [9.17, 15) is 4.79 Å². The summed E-state index contributed by atoms with van der Waals surface area (Å²) in [6.45, 7) is 5.96. The minimum absolute atomic E-state index is 0.122. The number of aromatic nitrogens is 3. The fourth-order valence-electron chi connectivity index (χ4n) is 4.25. The van der Waals surface area contributed by atoms with E-state index in [1.54, 1.807) is 0 Å². The number of rotatable bonds is 7. The van der Waals surface area contributed by atoms with Crippen molar-refractivity contribution < 1.29 is 9.53 Å². The van der Waals surface area contributed by atoms with Gasteiger partial charge in [-0.05, 0) is 62.7 Å². The number of H-pyrrole nitrogens is 1. The number of ether oxygens (including phenoxy) is 1. The van der Waals surface area contributed by atoms with Gasteiger partial charge in [-0.15, -0.1) is 0 Å². The van der Waals surface area contributed by atoms with Crippen LogP contribution in [-0.4, -0.2) is 38.7 Å². The molecule has 1 saturated heterocycles.